The lowest BCUT2D eigenvalue weighted by Crippen LogP contribution is -2.30. The van der Waals surface area contributed by atoms with Crippen LogP contribution in [0.2, 0.25) is 0 Å². The van der Waals surface area contributed by atoms with Gasteiger partial charge < -0.3 is 15.2 Å². The minimum absolute atomic E-state index is 0.144. The fraction of sp³-hybridized carbons (Fsp3) is 0.450. The average Bonchev–Trinajstić information content (AvgIpc) is 3.19. The fourth-order valence-electron chi connectivity index (χ4n) is 3.85. The van der Waals surface area contributed by atoms with Crippen LogP contribution in [0.5, 0.6) is 0 Å². The highest BCUT2D eigenvalue weighted by Gasteiger charge is 2.28. The molecule has 128 valence electrons. The summed E-state index contributed by atoms with van der Waals surface area (Å²) < 4.78 is 2.26. The maximum atomic E-state index is 12.9. The molecule has 2 aromatic rings. The summed E-state index contributed by atoms with van der Waals surface area (Å²) in [5.74, 6) is 0.589. The summed E-state index contributed by atoms with van der Waals surface area (Å²) >= 11 is 0. The van der Waals surface area contributed by atoms with Gasteiger partial charge in [0.05, 0.1) is 11.6 Å². The van der Waals surface area contributed by atoms with Crippen LogP contribution in [0.4, 0.5) is 0 Å². The van der Waals surface area contributed by atoms with E-state index in [0.29, 0.717) is 12.5 Å². The molecule has 1 aromatic heterocycles. The highest BCUT2D eigenvalue weighted by Crippen LogP contribution is 2.27. The second kappa shape index (κ2) is 6.81. The molecule has 1 aliphatic heterocycles. The molecule has 2 unspecified atom stereocenters. The first kappa shape index (κ1) is 16.8. The molecule has 2 heterocycles. The van der Waals surface area contributed by atoms with Crippen LogP contribution in [-0.2, 0) is 0 Å². The molecule has 3 rings (SSSR count). The van der Waals surface area contributed by atoms with Crippen molar-refractivity contribution in [1.82, 2.24) is 9.47 Å². The molecular formula is C20H27N3O. The zero-order chi connectivity index (χ0) is 17.3. The molecule has 24 heavy (non-hydrogen) atoms. The normalized spacial score (nSPS) is 18.8. The molecule has 0 radical (unpaired) electrons. The van der Waals surface area contributed by atoms with Crippen LogP contribution < -0.4 is 5.73 Å². The third-order valence-electron chi connectivity index (χ3n) is 5.29. The van der Waals surface area contributed by atoms with E-state index in [1.165, 1.54) is 5.56 Å². The Balaban J connectivity index is 1.88. The van der Waals surface area contributed by atoms with Gasteiger partial charge in [-0.15, -0.1) is 0 Å². The number of nitrogens with two attached hydrogens (primary N) is 1. The van der Waals surface area contributed by atoms with Crippen molar-refractivity contribution in [2.24, 2.45) is 11.7 Å². The quantitative estimate of drug-likeness (QED) is 0.939. The first-order valence-electron chi connectivity index (χ1n) is 8.75. The molecule has 1 amide bonds. The Bertz CT molecular complexity index is 720. The number of rotatable bonds is 4. The molecule has 0 saturated carbocycles. The number of likely N-dealkylation sites (tertiary alicyclic amines) is 1. The van der Waals surface area contributed by atoms with Gasteiger partial charge in [-0.3, -0.25) is 4.79 Å². The standard InChI is InChI=1S/C20H27N3O/c1-14-11-19(20(24)22-10-9-17(12-21)13-22)16(3)23(14)15(2)18-7-5-4-6-8-18/h4-8,11,15,17H,9-10,12-13,21H2,1-3H3. The second-order valence-corrected chi connectivity index (χ2v) is 6.88. The van der Waals surface area contributed by atoms with E-state index in [1.807, 2.05) is 17.0 Å². The minimum atomic E-state index is 0.144. The Labute approximate surface area is 144 Å². The molecule has 0 aliphatic carbocycles. The maximum absolute atomic E-state index is 12.9. The molecule has 0 spiro atoms. The Morgan fingerprint density at radius 3 is 2.62 bits per heavy atom. The third kappa shape index (κ3) is 2.98. The number of hydrogen-bond donors (Lipinski definition) is 1. The van der Waals surface area contributed by atoms with Gasteiger partial charge in [0, 0.05) is 24.5 Å². The topological polar surface area (TPSA) is 51.3 Å². The number of hydrogen-bond acceptors (Lipinski definition) is 2. The molecule has 4 heteroatoms. The molecule has 1 aromatic carbocycles. The summed E-state index contributed by atoms with van der Waals surface area (Å²) in [6, 6.07) is 12.7. The highest BCUT2D eigenvalue weighted by molar-refractivity contribution is 5.96. The van der Waals surface area contributed by atoms with E-state index in [0.717, 1.165) is 36.5 Å². The van der Waals surface area contributed by atoms with Crippen molar-refractivity contribution in [3.63, 3.8) is 0 Å². The fourth-order valence-corrected chi connectivity index (χ4v) is 3.85. The molecule has 0 bridgehead atoms. The number of amides is 1. The highest BCUT2D eigenvalue weighted by atomic mass is 16.2. The van der Waals surface area contributed by atoms with Gasteiger partial charge in [0.2, 0.25) is 0 Å². The number of aryl methyl sites for hydroxylation is 1. The Hall–Kier alpha value is -2.07. The van der Waals surface area contributed by atoms with E-state index < -0.39 is 0 Å². The van der Waals surface area contributed by atoms with Gasteiger partial charge in [-0.25, -0.2) is 0 Å². The van der Waals surface area contributed by atoms with Crippen molar-refractivity contribution in [2.75, 3.05) is 19.6 Å². The van der Waals surface area contributed by atoms with E-state index in [-0.39, 0.29) is 11.9 Å². The van der Waals surface area contributed by atoms with E-state index in [2.05, 4.69) is 49.6 Å². The summed E-state index contributed by atoms with van der Waals surface area (Å²) in [7, 11) is 0. The van der Waals surface area contributed by atoms with E-state index in [1.54, 1.807) is 0 Å². The van der Waals surface area contributed by atoms with Gasteiger partial charge in [0.25, 0.3) is 5.91 Å². The smallest absolute Gasteiger partial charge is 0.255 e. The van der Waals surface area contributed by atoms with Crippen molar-refractivity contribution in [2.45, 2.75) is 33.2 Å². The van der Waals surface area contributed by atoms with Gasteiger partial charge >= 0.3 is 0 Å². The molecule has 1 fully saturated rings. The molecule has 1 saturated heterocycles. The van der Waals surface area contributed by atoms with Crippen LogP contribution in [0.25, 0.3) is 0 Å². The Morgan fingerprint density at radius 1 is 1.29 bits per heavy atom. The lowest BCUT2D eigenvalue weighted by Gasteiger charge is -2.20. The molecule has 4 nitrogen and oxygen atoms in total. The van der Waals surface area contributed by atoms with Crippen molar-refractivity contribution >= 4 is 5.91 Å². The first-order chi connectivity index (χ1) is 11.5. The van der Waals surface area contributed by atoms with E-state index >= 15 is 0 Å². The van der Waals surface area contributed by atoms with Gasteiger partial charge in [-0.05, 0) is 51.3 Å². The predicted molar refractivity (Wildman–Crippen MR) is 97.2 cm³/mol. The van der Waals surface area contributed by atoms with E-state index in [4.69, 9.17) is 5.73 Å². The van der Waals surface area contributed by atoms with Gasteiger partial charge in [-0.1, -0.05) is 30.3 Å². The van der Waals surface area contributed by atoms with Gasteiger partial charge in [-0.2, -0.15) is 0 Å². The third-order valence-corrected chi connectivity index (χ3v) is 5.29. The zero-order valence-corrected chi connectivity index (χ0v) is 14.8. The lowest BCUT2D eigenvalue weighted by molar-refractivity contribution is 0.0787. The van der Waals surface area contributed by atoms with Crippen molar-refractivity contribution in [1.29, 1.82) is 0 Å². The van der Waals surface area contributed by atoms with Crippen LogP contribution in [-0.4, -0.2) is 35.0 Å². The average molecular weight is 325 g/mol. The Morgan fingerprint density at radius 2 is 2.00 bits per heavy atom. The van der Waals surface area contributed by atoms with Crippen LogP contribution >= 0.6 is 0 Å². The van der Waals surface area contributed by atoms with Gasteiger partial charge in [0.1, 0.15) is 0 Å². The zero-order valence-electron chi connectivity index (χ0n) is 14.8. The summed E-state index contributed by atoms with van der Waals surface area (Å²) in [5.41, 5.74) is 10.0. The number of carbonyl (C=O) groups is 1. The molecule has 2 atom stereocenters. The van der Waals surface area contributed by atoms with Crippen molar-refractivity contribution in [3.8, 4) is 0 Å². The van der Waals surface area contributed by atoms with Gasteiger partial charge in [0.15, 0.2) is 0 Å². The summed E-state index contributed by atoms with van der Waals surface area (Å²) in [5, 5.41) is 0. The second-order valence-electron chi connectivity index (χ2n) is 6.88. The van der Waals surface area contributed by atoms with Crippen LogP contribution in [0.15, 0.2) is 36.4 Å². The lowest BCUT2D eigenvalue weighted by atomic mass is 10.1. The van der Waals surface area contributed by atoms with Crippen LogP contribution in [0.1, 0.15) is 46.7 Å². The van der Waals surface area contributed by atoms with E-state index in [9.17, 15) is 4.79 Å². The maximum Gasteiger partial charge on any atom is 0.255 e. The molecule has 2 N–H and O–H groups in total. The minimum Gasteiger partial charge on any atom is -0.341 e. The Kier molecular flexibility index (Phi) is 4.76. The number of benzene rings is 1. The predicted octanol–water partition coefficient (Wildman–Crippen LogP) is 3.14. The summed E-state index contributed by atoms with van der Waals surface area (Å²) in [6.07, 6.45) is 1.02. The number of aromatic nitrogens is 1. The van der Waals surface area contributed by atoms with Crippen LogP contribution in [0, 0.1) is 19.8 Å². The van der Waals surface area contributed by atoms with Crippen molar-refractivity contribution in [3.05, 3.63) is 58.9 Å². The SMILES string of the molecule is Cc1cc(C(=O)N2CCC(CN)C2)c(C)n1C(C)c1ccccc1. The first-order valence-corrected chi connectivity index (χ1v) is 8.75. The monoisotopic (exact) mass is 325 g/mol. The number of carbonyl (C=O) groups excluding carboxylic acids is 1. The molecule has 1 aliphatic rings. The summed E-state index contributed by atoms with van der Waals surface area (Å²) in [6.45, 7) is 8.58. The largest absolute Gasteiger partial charge is 0.341 e. The van der Waals surface area contributed by atoms with Crippen molar-refractivity contribution < 1.29 is 4.79 Å². The summed E-state index contributed by atoms with van der Waals surface area (Å²) in [4.78, 5) is 14.9. The molecular weight excluding hydrogens is 298 g/mol. The number of nitrogens with zero attached hydrogens (tertiary/aromatic N) is 2. The van der Waals surface area contributed by atoms with Crippen LogP contribution in [0.3, 0.4) is 0 Å².